The minimum atomic E-state index is 0.332. The Morgan fingerprint density at radius 2 is 2.12 bits per heavy atom. The summed E-state index contributed by atoms with van der Waals surface area (Å²) in [5, 5.41) is 3.26. The number of likely N-dealkylation sites (N-methyl/N-ethyl adjacent to an activating group) is 1. The van der Waals surface area contributed by atoms with Gasteiger partial charge in [-0.15, -0.1) is 0 Å². The van der Waals surface area contributed by atoms with Crippen molar-refractivity contribution in [3.63, 3.8) is 0 Å². The molecule has 1 N–H and O–H groups in total. The average Bonchev–Trinajstić information content (AvgIpc) is 2.17. The van der Waals surface area contributed by atoms with Gasteiger partial charge in [0.25, 0.3) is 0 Å². The molecule has 0 aromatic heterocycles. The van der Waals surface area contributed by atoms with E-state index >= 15 is 0 Å². The second-order valence-electron chi connectivity index (χ2n) is 5.88. The van der Waals surface area contributed by atoms with E-state index in [0.717, 1.165) is 26.2 Å². The summed E-state index contributed by atoms with van der Waals surface area (Å²) in [5.74, 6) is 0. The van der Waals surface area contributed by atoms with Crippen LogP contribution in [0, 0.1) is 5.41 Å². The highest BCUT2D eigenvalue weighted by atomic mass is 16.5. The number of rotatable bonds is 6. The van der Waals surface area contributed by atoms with Crippen LogP contribution in [0.1, 0.15) is 33.1 Å². The second-order valence-corrected chi connectivity index (χ2v) is 5.88. The Kier molecular flexibility index (Phi) is 5.73. The van der Waals surface area contributed by atoms with Crippen molar-refractivity contribution in [1.29, 1.82) is 0 Å². The fourth-order valence-electron chi connectivity index (χ4n) is 2.63. The number of nitrogens with one attached hydrogen (secondary N) is 1. The van der Waals surface area contributed by atoms with E-state index in [0.29, 0.717) is 11.5 Å². The van der Waals surface area contributed by atoms with Crippen molar-refractivity contribution in [2.45, 2.75) is 39.2 Å². The van der Waals surface area contributed by atoms with Gasteiger partial charge >= 0.3 is 0 Å². The average molecular weight is 228 g/mol. The summed E-state index contributed by atoms with van der Waals surface area (Å²) in [6.07, 6.45) is 4.27. The Morgan fingerprint density at radius 1 is 1.38 bits per heavy atom. The molecular weight excluding hydrogens is 200 g/mol. The lowest BCUT2D eigenvalue weighted by Gasteiger charge is -2.33. The second kappa shape index (κ2) is 6.58. The summed E-state index contributed by atoms with van der Waals surface area (Å²) < 4.78 is 5.77. The molecule has 3 nitrogen and oxygen atoms in total. The topological polar surface area (TPSA) is 24.5 Å². The first-order valence-corrected chi connectivity index (χ1v) is 6.48. The van der Waals surface area contributed by atoms with E-state index in [2.05, 4.69) is 31.1 Å². The molecular formula is C13H28N2O. The SMILES string of the molecule is CNCC(C)(C)CN(C)CC1CCCCO1. The zero-order valence-corrected chi connectivity index (χ0v) is 11.4. The maximum Gasteiger partial charge on any atom is 0.0701 e. The minimum absolute atomic E-state index is 0.332. The molecule has 1 rings (SSSR count). The van der Waals surface area contributed by atoms with Crippen LogP contribution in [0.4, 0.5) is 0 Å². The van der Waals surface area contributed by atoms with Gasteiger partial charge in [0, 0.05) is 26.2 Å². The molecule has 3 heteroatoms. The molecule has 1 heterocycles. The minimum Gasteiger partial charge on any atom is -0.377 e. The van der Waals surface area contributed by atoms with Crippen LogP contribution < -0.4 is 5.32 Å². The fraction of sp³-hybridized carbons (Fsp3) is 1.00. The summed E-state index contributed by atoms with van der Waals surface area (Å²) in [7, 11) is 4.22. The molecule has 0 amide bonds. The summed E-state index contributed by atoms with van der Waals surface area (Å²) in [5.41, 5.74) is 0.332. The molecule has 1 saturated heterocycles. The standard InChI is InChI=1S/C13H28N2O/c1-13(2,10-14-3)11-15(4)9-12-7-5-6-8-16-12/h12,14H,5-11H2,1-4H3. The van der Waals surface area contributed by atoms with E-state index in [-0.39, 0.29) is 0 Å². The van der Waals surface area contributed by atoms with E-state index < -0.39 is 0 Å². The van der Waals surface area contributed by atoms with E-state index in [4.69, 9.17) is 4.74 Å². The number of ether oxygens (including phenoxy) is 1. The lowest BCUT2D eigenvalue weighted by atomic mass is 9.92. The van der Waals surface area contributed by atoms with Crippen LogP contribution in [0.5, 0.6) is 0 Å². The Labute approximate surface area is 101 Å². The molecule has 96 valence electrons. The van der Waals surface area contributed by atoms with Crippen molar-refractivity contribution >= 4 is 0 Å². The first-order chi connectivity index (χ1) is 7.53. The van der Waals surface area contributed by atoms with Gasteiger partial charge in [0.05, 0.1) is 6.10 Å². The van der Waals surface area contributed by atoms with Crippen LogP contribution in [0.25, 0.3) is 0 Å². The van der Waals surface area contributed by atoms with Gasteiger partial charge in [-0.2, -0.15) is 0 Å². The zero-order chi connectivity index (χ0) is 12.0. The molecule has 0 bridgehead atoms. The third kappa shape index (κ3) is 5.28. The van der Waals surface area contributed by atoms with E-state index in [9.17, 15) is 0 Å². The predicted octanol–water partition coefficient (Wildman–Crippen LogP) is 1.73. The number of hydrogen-bond donors (Lipinski definition) is 1. The van der Waals surface area contributed by atoms with Crippen LogP contribution in [-0.2, 0) is 4.74 Å². The van der Waals surface area contributed by atoms with Gasteiger partial charge < -0.3 is 15.0 Å². The normalized spacial score (nSPS) is 22.7. The first kappa shape index (κ1) is 13.9. The quantitative estimate of drug-likeness (QED) is 0.749. The molecule has 16 heavy (non-hydrogen) atoms. The van der Waals surface area contributed by atoms with E-state index in [1.807, 2.05) is 7.05 Å². The largest absolute Gasteiger partial charge is 0.377 e. The highest BCUT2D eigenvalue weighted by Crippen LogP contribution is 2.18. The van der Waals surface area contributed by atoms with Crippen LogP contribution in [-0.4, -0.2) is 51.3 Å². The molecule has 1 aliphatic rings. The summed E-state index contributed by atoms with van der Waals surface area (Å²) in [6, 6.07) is 0. The highest BCUT2D eigenvalue weighted by Gasteiger charge is 2.22. The third-order valence-electron chi connectivity index (χ3n) is 3.14. The number of hydrogen-bond acceptors (Lipinski definition) is 3. The van der Waals surface area contributed by atoms with Gasteiger partial charge in [-0.05, 0) is 38.8 Å². The molecule has 0 spiro atoms. The lowest BCUT2D eigenvalue weighted by molar-refractivity contribution is -0.00611. The molecule has 1 fully saturated rings. The Bertz CT molecular complexity index is 188. The molecule has 1 unspecified atom stereocenters. The monoisotopic (exact) mass is 228 g/mol. The maximum atomic E-state index is 5.77. The molecule has 0 saturated carbocycles. The van der Waals surface area contributed by atoms with Gasteiger partial charge in [-0.3, -0.25) is 0 Å². The molecule has 0 aliphatic carbocycles. The van der Waals surface area contributed by atoms with Gasteiger partial charge in [0.2, 0.25) is 0 Å². The van der Waals surface area contributed by atoms with Gasteiger partial charge in [-0.25, -0.2) is 0 Å². The molecule has 0 aromatic carbocycles. The van der Waals surface area contributed by atoms with E-state index in [1.165, 1.54) is 19.3 Å². The Balaban J connectivity index is 2.25. The lowest BCUT2D eigenvalue weighted by Crippen LogP contribution is -2.41. The van der Waals surface area contributed by atoms with Crippen LogP contribution in [0.15, 0.2) is 0 Å². The van der Waals surface area contributed by atoms with Crippen molar-refractivity contribution in [3.05, 3.63) is 0 Å². The Hall–Kier alpha value is -0.120. The van der Waals surface area contributed by atoms with Crippen LogP contribution >= 0.6 is 0 Å². The predicted molar refractivity (Wildman–Crippen MR) is 68.8 cm³/mol. The maximum absolute atomic E-state index is 5.77. The first-order valence-electron chi connectivity index (χ1n) is 6.48. The van der Waals surface area contributed by atoms with Gasteiger partial charge in [-0.1, -0.05) is 13.8 Å². The third-order valence-corrected chi connectivity index (χ3v) is 3.14. The number of nitrogens with zero attached hydrogens (tertiary/aromatic N) is 1. The summed E-state index contributed by atoms with van der Waals surface area (Å²) in [6.45, 7) is 8.82. The van der Waals surface area contributed by atoms with Crippen molar-refractivity contribution in [3.8, 4) is 0 Å². The van der Waals surface area contributed by atoms with Gasteiger partial charge in [0.1, 0.15) is 0 Å². The highest BCUT2D eigenvalue weighted by molar-refractivity contribution is 4.76. The van der Waals surface area contributed by atoms with Gasteiger partial charge in [0.15, 0.2) is 0 Å². The fourth-order valence-corrected chi connectivity index (χ4v) is 2.63. The van der Waals surface area contributed by atoms with Crippen molar-refractivity contribution in [2.24, 2.45) is 5.41 Å². The van der Waals surface area contributed by atoms with Crippen LogP contribution in [0.3, 0.4) is 0 Å². The summed E-state index contributed by atoms with van der Waals surface area (Å²) in [4.78, 5) is 2.41. The van der Waals surface area contributed by atoms with Crippen molar-refractivity contribution in [1.82, 2.24) is 10.2 Å². The van der Waals surface area contributed by atoms with Crippen molar-refractivity contribution in [2.75, 3.05) is 40.3 Å². The molecule has 1 aliphatic heterocycles. The molecule has 0 aromatic rings. The smallest absolute Gasteiger partial charge is 0.0701 e. The molecule has 0 radical (unpaired) electrons. The zero-order valence-electron chi connectivity index (χ0n) is 11.4. The van der Waals surface area contributed by atoms with Crippen LogP contribution in [0.2, 0.25) is 0 Å². The molecule has 1 atom stereocenters. The summed E-state index contributed by atoms with van der Waals surface area (Å²) >= 11 is 0. The van der Waals surface area contributed by atoms with E-state index in [1.54, 1.807) is 0 Å². The Morgan fingerprint density at radius 3 is 2.69 bits per heavy atom. The van der Waals surface area contributed by atoms with Crippen molar-refractivity contribution < 1.29 is 4.74 Å².